The Morgan fingerprint density at radius 1 is 1.35 bits per heavy atom. The molecule has 1 amide bonds. The molecule has 0 aromatic carbocycles. The smallest absolute Gasteiger partial charge is 0.255 e. The highest BCUT2D eigenvalue weighted by Crippen LogP contribution is 2.38. The minimum Gasteiger partial charge on any atom is -0.370 e. The Morgan fingerprint density at radius 3 is 2.74 bits per heavy atom. The van der Waals surface area contributed by atoms with E-state index in [-0.39, 0.29) is 23.5 Å². The van der Waals surface area contributed by atoms with Crippen LogP contribution in [0.5, 0.6) is 0 Å². The van der Waals surface area contributed by atoms with Gasteiger partial charge in [-0.15, -0.1) is 0 Å². The van der Waals surface area contributed by atoms with Gasteiger partial charge in [-0.05, 0) is 43.7 Å². The van der Waals surface area contributed by atoms with Gasteiger partial charge in [0.05, 0.1) is 29.0 Å². The molecule has 31 heavy (non-hydrogen) atoms. The van der Waals surface area contributed by atoms with Crippen LogP contribution in [-0.2, 0) is 17.8 Å². The highest BCUT2D eigenvalue weighted by Gasteiger charge is 2.35. The van der Waals surface area contributed by atoms with Crippen molar-refractivity contribution < 1.29 is 9.53 Å². The molecule has 1 fully saturated rings. The van der Waals surface area contributed by atoms with E-state index in [0.717, 1.165) is 28.2 Å². The van der Waals surface area contributed by atoms with Crippen LogP contribution in [0.15, 0.2) is 16.8 Å². The predicted octanol–water partition coefficient (Wildman–Crippen LogP) is 4.34. The van der Waals surface area contributed by atoms with Crippen LogP contribution < -0.4 is 4.90 Å². The molecule has 0 spiro atoms. The van der Waals surface area contributed by atoms with E-state index >= 15 is 0 Å². The first-order chi connectivity index (χ1) is 14.7. The number of pyridine rings is 1. The van der Waals surface area contributed by atoms with Crippen LogP contribution in [0.1, 0.15) is 73.3 Å². The van der Waals surface area contributed by atoms with E-state index in [2.05, 4.69) is 45.6 Å². The van der Waals surface area contributed by atoms with Crippen molar-refractivity contribution in [3.05, 3.63) is 44.8 Å². The standard InChI is InChI=1S/C24H30N4O2S/c1-15(2)21-20-13-30-24(4,5)10-18(20)19(11-25)22(26-21)27-7-8-28(16(3)12-27)23(29)17-6-9-31-14-17/h6,9,14-16H,7-8,10,12-13H2,1-5H3/t16-/m1/s1. The number of nitriles is 1. The summed E-state index contributed by atoms with van der Waals surface area (Å²) in [6.45, 7) is 12.9. The van der Waals surface area contributed by atoms with E-state index in [4.69, 9.17) is 9.72 Å². The molecule has 7 heteroatoms. The highest BCUT2D eigenvalue weighted by molar-refractivity contribution is 7.08. The van der Waals surface area contributed by atoms with Crippen molar-refractivity contribution >= 4 is 23.1 Å². The minimum atomic E-state index is -0.301. The zero-order chi connectivity index (χ0) is 22.3. The summed E-state index contributed by atoms with van der Waals surface area (Å²) in [6, 6.07) is 4.37. The van der Waals surface area contributed by atoms with E-state index in [1.165, 1.54) is 11.3 Å². The van der Waals surface area contributed by atoms with Gasteiger partial charge in [0.15, 0.2) is 0 Å². The molecule has 2 aromatic heterocycles. The van der Waals surface area contributed by atoms with Gasteiger partial charge < -0.3 is 14.5 Å². The van der Waals surface area contributed by atoms with E-state index in [1.807, 2.05) is 21.7 Å². The molecule has 6 nitrogen and oxygen atoms in total. The molecule has 0 saturated carbocycles. The molecule has 0 aliphatic carbocycles. The molecular formula is C24H30N4O2S. The summed E-state index contributed by atoms with van der Waals surface area (Å²) in [4.78, 5) is 22.0. The first-order valence-electron chi connectivity index (χ1n) is 10.9. The third-order valence-corrected chi connectivity index (χ3v) is 6.93. The maximum absolute atomic E-state index is 12.9. The quantitative estimate of drug-likeness (QED) is 0.713. The highest BCUT2D eigenvalue weighted by atomic mass is 32.1. The molecule has 0 N–H and O–H groups in total. The van der Waals surface area contributed by atoms with Crippen LogP contribution in [0.2, 0.25) is 0 Å². The van der Waals surface area contributed by atoms with Crippen molar-refractivity contribution in [3.8, 4) is 6.07 Å². The number of fused-ring (bicyclic) bond motifs is 1. The Bertz CT molecular complexity index is 1020. The number of carbonyl (C=O) groups excluding carboxylic acids is 1. The predicted molar refractivity (Wildman–Crippen MR) is 123 cm³/mol. The van der Waals surface area contributed by atoms with E-state index < -0.39 is 0 Å². The van der Waals surface area contributed by atoms with Crippen LogP contribution in [0, 0.1) is 11.3 Å². The second kappa shape index (κ2) is 8.25. The summed E-state index contributed by atoms with van der Waals surface area (Å²) in [7, 11) is 0. The first kappa shape index (κ1) is 21.8. The van der Waals surface area contributed by atoms with Crippen LogP contribution in [0.4, 0.5) is 5.82 Å². The number of ether oxygens (including phenoxy) is 1. The van der Waals surface area contributed by atoms with Crippen molar-refractivity contribution in [1.29, 1.82) is 5.26 Å². The molecule has 0 unspecified atom stereocenters. The number of hydrogen-bond donors (Lipinski definition) is 0. The average Bonchev–Trinajstić information content (AvgIpc) is 3.26. The van der Waals surface area contributed by atoms with Gasteiger partial charge in [-0.25, -0.2) is 4.98 Å². The van der Waals surface area contributed by atoms with E-state index in [1.54, 1.807) is 0 Å². The number of amides is 1. The van der Waals surface area contributed by atoms with E-state index in [0.29, 0.717) is 38.2 Å². The molecule has 2 aromatic rings. The van der Waals surface area contributed by atoms with Crippen molar-refractivity contribution in [3.63, 3.8) is 0 Å². The summed E-state index contributed by atoms with van der Waals surface area (Å²) in [5.74, 6) is 1.08. The lowest BCUT2D eigenvalue weighted by atomic mass is 9.86. The molecule has 1 atom stereocenters. The Hall–Kier alpha value is -2.43. The molecule has 0 radical (unpaired) electrons. The number of anilines is 1. The number of carbonyl (C=O) groups is 1. The molecule has 1 saturated heterocycles. The largest absolute Gasteiger partial charge is 0.370 e. The fraction of sp³-hybridized carbons (Fsp3) is 0.542. The summed E-state index contributed by atoms with van der Waals surface area (Å²) in [5.41, 5.74) is 4.29. The summed E-state index contributed by atoms with van der Waals surface area (Å²) < 4.78 is 6.05. The fourth-order valence-electron chi connectivity index (χ4n) is 4.61. The maximum Gasteiger partial charge on any atom is 0.255 e. The fourth-order valence-corrected chi connectivity index (χ4v) is 5.24. The minimum absolute atomic E-state index is 0.0350. The molecule has 164 valence electrons. The normalized spacial score (nSPS) is 20.5. The van der Waals surface area contributed by atoms with Gasteiger partial charge in [0, 0.05) is 43.0 Å². The van der Waals surface area contributed by atoms with Crippen LogP contribution in [-0.4, -0.2) is 47.1 Å². The third-order valence-electron chi connectivity index (χ3n) is 6.25. The number of piperazine rings is 1. The maximum atomic E-state index is 12.9. The molecular weight excluding hydrogens is 408 g/mol. The lowest BCUT2D eigenvalue weighted by Crippen LogP contribution is -2.54. The Morgan fingerprint density at radius 2 is 2.13 bits per heavy atom. The second-order valence-corrected chi connectivity index (χ2v) is 10.2. The number of hydrogen-bond acceptors (Lipinski definition) is 6. The summed E-state index contributed by atoms with van der Waals surface area (Å²) in [5, 5.41) is 14.0. The lowest BCUT2D eigenvalue weighted by Gasteiger charge is -2.42. The average molecular weight is 439 g/mol. The summed E-state index contributed by atoms with van der Waals surface area (Å²) in [6.07, 6.45) is 0.701. The lowest BCUT2D eigenvalue weighted by molar-refractivity contribution is -0.0408. The molecule has 2 aliphatic heterocycles. The van der Waals surface area contributed by atoms with Crippen molar-refractivity contribution in [1.82, 2.24) is 9.88 Å². The van der Waals surface area contributed by atoms with Gasteiger partial charge in [-0.2, -0.15) is 16.6 Å². The molecule has 4 rings (SSSR count). The van der Waals surface area contributed by atoms with Gasteiger partial charge in [0.1, 0.15) is 11.9 Å². The van der Waals surface area contributed by atoms with E-state index in [9.17, 15) is 10.1 Å². The zero-order valence-electron chi connectivity index (χ0n) is 18.9. The van der Waals surface area contributed by atoms with Crippen LogP contribution in [0.25, 0.3) is 0 Å². The number of thiophene rings is 1. The molecule has 4 heterocycles. The number of aromatic nitrogens is 1. The SMILES string of the molecule is CC(C)c1nc(N2CCN(C(=O)c3ccsc3)[C@H](C)C2)c(C#N)c2c1COC(C)(C)C2. The second-order valence-electron chi connectivity index (χ2n) is 9.45. The zero-order valence-corrected chi connectivity index (χ0v) is 19.8. The van der Waals surface area contributed by atoms with Crippen LogP contribution in [0.3, 0.4) is 0 Å². The summed E-state index contributed by atoms with van der Waals surface area (Å²) >= 11 is 1.54. The van der Waals surface area contributed by atoms with Gasteiger partial charge in [0.25, 0.3) is 5.91 Å². The first-order valence-corrected chi connectivity index (χ1v) is 11.8. The van der Waals surface area contributed by atoms with Crippen molar-refractivity contribution in [2.75, 3.05) is 24.5 Å². The Balaban J connectivity index is 1.68. The van der Waals surface area contributed by atoms with Crippen molar-refractivity contribution in [2.24, 2.45) is 0 Å². The Labute approximate surface area is 188 Å². The molecule has 0 bridgehead atoms. The van der Waals surface area contributed by atoms with Gasteiger partial charge >= 0.3 is 0 Å². The number of nitrogens with zero attached hydrogens (tertiary/aromatic N) is 4. The topological polar surface area (TPSA) is 69.5 Å². The number of rotatable bonds is 3. The van der Waals surface area contributed by atoms with Gasteiger partial charge in [-0.1, -0.05) is 13.8 Å². The van der Waals surface area contributed by atoms with Gasteiger partial charge in [-0.3, -0.25) is 4.79 Å². The molecule has 2 aliphatic rings. The van der Waals surface area contributed by atoms with Gasteiger partial charge in [0.2, 0.25) is 0 Å². The Kier molecular flexibility index (Phi) is 5.80. The third kappa shape index (κ3) is 4.07. The van der Waals surface area contributed by atoms with Crippen molar-refractivity contribution in [2.45, 2.75) is 65.2 Å². The van der Waals surface area contributed by atoms with Crippen LogP contribution >= 0.6 is 11.3 Å². The monoisotopic (exact) mass is 438 g/mol.